The van der Waals surface area contributed by atoms with Crippen LogP contribution in [-0.4, -0.2) is 36.4 Å². The Bertz CT molecular complexity index is 1120. The Kier molecular flexibility index (Phi) is 5.89. The lowest BCUT2D eigenvalue weighted by Crippen LogP contribution is -2.15. The highest BCUT2D eigenvalue weighted by molar-refractivity contribution is 7.99. The number of aryl methyl sites for hydroxylation is 2. The van der Waals surface area contributed by atoms with E-state index >= 15 is 0 Å². The van der Waals surface area contributed by atoms with Crippen molar-refractivity contribution in [2.45, 2.75) is 25.5 Å². The molecule has 4 aromatic rings. The molecular weight excluding hydrogens is 400 g/mol. The van der Waals surface area contributed by atoms with E-state index in [0.29, 0.717) is 23.2 Å². The van der Waals surface area contributed by atoms with E-state index in [-0.39, 0.29) is 11.7 Å². The van der Waals surface area contributed by atoms with Crippen LogP contribution in [0, 0.1) is 13.8 Å². The fourth-order valence-electron chi connectivity index (χ4n) is 3.07. The molecule has 30 heavy (non-hydrogen) atoms. The van der Waals surface area contributed by atoms with Gasteiger partial charge in [0, 0.05) is 18.1 Å². The van der Waals surface area contributed by atoms with Crippen molar-refractivity contribution in [2.75, 3.05) is 11.1 Å². The summed E-state index contributed by atoms with van der Waals surface area (Å²) in [6.45, 7) is 4.43. The van der Waals surface area contributed by atoms with E-state index in [0.717, 1.165) is 22.6 Å². The van der Waals surface area contributed by atoms with Crippen LogP contribution in [0.15, 0.2) is 64.8 Å². The summed E-state index contributed by atoms with van der Waals surface area (Å²) >= 11 is 1.31. The van der Waals surface area contributed by atoms with Crippen molar-refractivity contribution in [1.29, 1.82) is 0 Å². The Morgan fingerprint density at radius 2 is 2.00 bits per heavy atom. The molecule has 0 bridgehead atoms. The third-order valence-corrected chi connectivity index (χ3v) is 5.21. The minimum atomic E-state index is -0.112. The monoisotopic (exact) mass is 420 g/mol. The topological polar surface area (TPSA) is 98.7 Å². The number of amides is 1. The van der Waals surface area contributed by atoms with Crippen LogP contribution in [-0.2, 0) is 11.3 Å². The number of carbonyl (C=O) groups is 1. The Hall–Kier alpha value is -3.46. The largest absolute Gasteiger partial charge is 0.467 e. The zero-order chi connectivity index (χ0) is 20.9. The molecule has 8 nitrogen and oxygen atoms in total. The van der Waals surface area contributed by atoms with E-state index in [2.05, 4.69) is 31.5 Å². The lowest BCUT2D eigenvalue weighted by atomic mass is 10.1. The van der Waals surface area contributed by atoms with Gasteiger partial charge in [-0.05, 0) is 49.2 Å². The van der Waals surface area contributed by atoms with E-state index in [4.69, 9.17) is 4.42 Å². The minimum Gasteiger partial charge on any atom is -0.467 e. The number of nitrogens with zero attached hydrogens (tertiary/aromatic N) is 5. The van der Waals surface area contributed by atoms with Gasteiger partial charge >= 0.3 is 0 Å². The first kappa shape index (κ1) is 19.8. The molecule has 0 aliphatic heterocycles. The molecule has 3 aromatic heterocycles. The summed E-state index contributed by atoms with van der Waals surface area (Å²) in [4.78, 5) is 20.9. The predicted octanol–water partition coefficient (Wildman–Crippen LogP) is 3.72. The number of aromatic nitrogens is 5. The zero-order valence-electron chi connectivity index (χ0n) is 16.6. The molecule has 1 aromatic carbocycles. The predicted molar refractivity (Wildman–Crippen MR) is 114 cm³/mol. The van der Waals surface area contributed by atoms with Crippen molar-refractivity contribution in [3.05, 3.63) is 72.1 Å². The average Bonchev–Trinajstić information content (AvgIpc) is 3.37. The summed E-state index contributed by atoms with van der Waals surface area (Å²) in [5.74, 6) is 1.40. The summed E-state index contributed by atoms with van der Waals surface area (Å²) in [5, 5.41) is 12.1. The molecule has 0 spiro atoms. The number of rotatable bonds is 7. The number of nitrogens with one attached hydrogen (secondary N) is 1. The van der Waals surface area contributed by atoms with Crippen molar-refractivity contribution in [3.63, 3.8) is 0 Å². The van der Waals surface area contributed by atoms with Gasteiger partial charge in [0.15, 0.2) is 11.0 Å². The zero-order valence-corrected chi connectivity index (χ0v) is 17.4. The quantitative estimate of drug-likeness (QED) is 0.455. The molecule has 0 atom stereocenters. The highest BCUT2D eigenvalue weighted by atomic mass is 32.2. The SMILES string of the molecule is Cc1cc(C)cc(NC(=O)CSc2nnc(-c3cnccn3)n2Cc2ccco2)c1. The van der Waals surface area contributed by atoms with Gasteiger partial charge in [0.1, 0.15) is 11.5 Å². The molecule has 1 N–H and O–H groups in total. The lowest BCUT2D eigenvalue weighted by molar-refractivity contribution is -0.113. The average molecular weight is 420 g/mol. The summed E-state index contributed by atoms with van der Waals surface area (Å²) in [7, 11) is 0. The smallest absolute Gasteiger partial charge is 0.234 e. The van der Waals surface area contributed by atoms with Crippen LogP contribution in [0.2, 0.25) is 0 Å². The molecule has 0 fully saturated rings. The Morgan fingerprint density at radius 3 is 2.70 bits per heavy atom. The molecule has 3 heterocycles. The highest BCUT2D eigenvalue weighted by Crippen LogP contribution is 2.24. The number of hydrogen-bond acceptors (Lipinski definition) is 7. The minimum absolute atomic E-state index is 0.112. The van der Waals surface area contributed by atoms with Gasteiger partial charge < -0.3 is 9.73 Å². The second kappa shape index (κ2) is 8.91. The summed E-state index contributed by atoms with van der Waals surface area (Å²) < 4.78 is 7.35. The van der Waals surface area contributed by atoms with Crippen LogP contribution in [0.1, 0.15) is 16.9 Å². The molecule has 152 valence electrons. The van der Waals surface area contributed by atoms with Crippen molar-refractivity contribution in [1.82, 2.24) is 24.7 Å². The van der Waals surface area contributed by atoms with Crippen LogP contribution in [0.25, 0.3) is 11.5 Å². The molecule has 0 unspecified atom stereocenters. The van der Waals surface area contributed by atoms with Crippen molar-refractivity contribution < 1.29 is 9.21 Å². The number of thioether (sulfide) groups is 1. The second-order valence-electron chi connectivity index (χ2n) is 6.78. The molecule has 0 saturated carbocycles. The maximum Gasteiger partial charge on any atom is 0.234 e. The number of hydrogen-bond donors (Lipinski definition) is 1. The van der Waals surface area contributed by atoms with Gasteiger partial charge in [-0.2, -0.15) is 0 Å². The summed E-state index contributed by atoms with van der Waals surface area (Å²) in [6.07, 6.45) is 6.45. The van der Waals surface area contributed by atoms with Gasteiger partial charge in [0.25, 0.3) is 0 Å². The Balaban J connectivity index is 1.52. The molecule has 0 aliphatic carbocycles. The van der Waals surface area contributed by atoms with Crippen LogP contribution < -0.4 is 5.32 Å². The number of anilines is 1. The first-order chi connectivity index (χ1) is 14.6. The van der Waals surface area contributed by atoms with Gasteiger partial charge in [0.2, 0.25) is 5.91 Å². The normalized spacial score (nSPS) is 10.9. The Morgan fingerprint density at radius 1 is 1.17 bits per heavy atom. The van der Waals surface area contributed by atoms with Crippen LogP contribution >= 0.6 is 11.8 Å². The van der Waals surface area contributed by atoms with Crippen LogP contribution in [0.3, 0.4) is 0 Å². The van der Waals surface area contributed by atoms with Gasteiger partial charge in [-0.1, -0.05) is 17.8 Å². The summed E-state index contributed by atoms with van der Waals surface area (Å²) in [5.41, 5.74) is 3.59. The van der Waals surface area contributed by atoms with E-state index < -0.39 is 0 Å². The number of furan rings is 1. The Labute approximate surface area is 177 Å². The molecule has 0 saturated heterocycles. The molecule has 4 rings (SSSR count). The fraction of sp³-hybridized carbons (Fsp3) is 0.190. The first-order valence-corrected chi connectivity index (χ1v) is 10.3. The van der Waals surface area contributed by atoms with Gasteiger partial charge in [-0.3, -0.25) is 14.3 Å². The van der Waals surface area contributed by atoms with Crippen LogP contribution in [0.4, 0.5) is 5.69 Å². The van der Waals surface area contributed by atoms with E-state index in [1.165, 1.54) is 11.8 Å². The molecule has 1 amide bonds. The first-order valence-electron chi connectivity index (χ1n) is 9.31. The van der Waals surface area contributed by atoms with Gasteiger partial charge in [0.05, 0.1) is 24.8 Å². The molecule has 0 radical (unpaired) electrons. The third-order valence-electron chi connectivity index (χ3n) is 4.24. The molecular formula is C21H20N6O2S. The van der Waals surface area contributed by atoms with Gasteiger partial charge in [-0.25, -0.2) is 4.98 Å². The fourth-order valence-corrected chi connectivity index (χ4v) is 3.81. The van der Waals surface area contributed by atoms with Crippen molar-refractivity contribution in [2.24, 2.45) is 0 Å². The maximum atomic E-state index is 12.5. The lowest BCUT2D eigenvalue weighted by Gasteiger charge is -2.09. The number of benzene rings is 1. The standard InChI is InChI=1S/C21H20N6O2S/c1-14-8-15(2)10-16(9-14)24-19(28)13-30-21-26-25-20(18-11-22-5-6-23-18)27(21)12-17-4-3-7-29-17/h3-11H,12-13H2,1-2H3,(H,24,28). The van der Waals surface area contributed by atoms with Crippen molar-refractivity contribution >= 4 is 23.4 Å². The van der Waals surface area contributed by atoms with Gasteiger partial charge in [-0.15, -0.1) is 10.2 Å². The van der Waals surface area contributed by atoms with Crippen molar-refractivity contribution in [3.8, 4) is 11.5 Å². The highest BCUT2D eigenvalue weighted by Gasteiger charge is 2.18. The van der Waals surface area contributed by atoms with E-state index in [9.17, 15) is 4.79 Å². The maximum absolute atomic E-state index is 12.5. The number of carbonyl (C=O) groups excluding carboxylic acids is 1. The second-order valence-corrected chi connectivity index (χ2v) is 7.72. The van der Waals surface area contributed by atoms with Crippen LogP contribution in [0.5, 0.6) is 0 Å². The summed E-state index contributed by atoms with van der Waals surface area (Å²) in [6, 6.07) is 9.66. The molecule has 0 aliphatic rings. The third kappa shape index (κ3) is 4.74. The van der Waals surface area contributed by atoms with E-state index in [1.807, 2.05) is 42.7 Å². The van der Waals surface area contributed by atoms with E-state index in [1.54, 1.807) is 24.9 Å². The molecule has 9 heteroatoms.